The van der Waals surface area contributed by atoms with Crippen molar-refractivity contribution in [3.8, 4) is 5.69 Å². The number of ketones is 1. The van der Waals surface area contributed by atoms with Crippen LogP contribution in [0.1, 0.15) is 21.6 Å². The summed E-state index contributed by atoms with van der Waals surface area (Å²) in [5.74, 6) is -0.621. The lowest BCUT2D eigenvalue weighted by molar-refractivity contribution is 0.103. The zero-order valence-corrected chi connectivity index (χ0v) is 16.9. The molecule has 0 fully saturated rings. The number of rotatable bonds is 5. The lowest BCUT2D eigenvalue weighted by Gasteiger charge is -2.08. The summed E-state index contributed by atoms with van der Waals surface area (Å²) in [7, 11) is 1.30. The number of halogens is 1. The molecule has 0 aliphatic heterocycles. The molecule has 0 saturated heterocycles. The van der Waals surface area contributed by atoms with Crippen molar-refractivity contribution in [1.29, 1.82) is 0 Å². The molecule has 0 aliphatic rings. The van der Waals surface area contributed by atoms with E-state index in [9.17, 15) is 14.4 Å². The standard InChI is InChI=1S/C21H19ClN4O3/c1-13-4-7-16(12-14(13)2)23-11-10-18(27)19-20(28)25(3)21(29)26(24-19)17-8-5-15(22)6-9-17/h4-12,23H,1-3H3/b11-10-. The number of hydrogen-bond donors (Lipinski definition) is 1. The molecule has 0 unspecified atom stereocenters. The maximum atomic E-state index is 12.5. The number of anilines is 1. The van der Waals surface area contributed by atoms with Gasteiger partial charge in [0.2, 0.25) is 5.78 Å². The summed E-state index contributed by atoms with van der Waals surface area (Å²) in [4.78, 5) is 37.3. The van der Waals surface area contributed by atoms with Gasteiger partial charge in [0.05, 0.1) is 5.69 Å². The number of nitrogens with one attached hydrogen (secondary N) is 1. The van der Waals surface area contributed by atoms with Crippen LogP contribution >= 0.6 is 11.6 Å². The quantitative estimate of drug-likeness (QED) is 0.516. The number of allylic oxidation sites excluding steroid dienone is 1. The summed E-state index contributed by atoms with van der Waals surface area (Å²) in [6.45, 7) is 4.00. The highest BCUT2D eigenvalue weighted by molar-refractivity contribution is 6.30. The van der Waals surface area contributed by atoms with Gasteiger partial charge in [-0.05, 0) is 61.4 Å². The molecule has 0 spiro atoms. The molecule has 7 nitrogen and oxygen atoms in total. The molecule has 0 saturated carbocycles. The van der Waals surface area contributed by atoms with Gasteiger partial charge in [-0.2, -0.15) is 9.78 Å². The fourth-order valence-corrected chi connectivity index (χ4v) is 2.73. The van der Waals surface area contributed by atoms with Crippen LogP contribution in [0.5, 0.6) is 0 Å². The second kappa shape index (κ2) is 8.28. The number of aromatic nitrogens is 3. The van der Waals surface area contributed by atoms with E-state index < -0.39 is 17.0 Å². The normalized spacial score (nSPS) is 11.0. The van der Waals surface area contributed by atoms with Gasteiger partial charge in [-0.15, -0.1) is 0 Å². The summed E-state index contributed by atoms with van der Waals surface area (Å²) in [6, 6.07) is 12.1. The largest absolute Gasteiger partial charge is 0.362 e. The molecule has 3 aromatic rings. The highest BCUT2D eigenvalue weighted by atomic mass is 35.5. The topological polar surface area (TPSA) is 86.0 Å². The summed E-state index contributed by atoms with van der Waals surface area (Å²) < 4.78 is 1.84. The number of carbonyl (C=O) groups excluding carboxylic acids is 1. The summed E-state index contributed by atoms with van der Waals surface area (Å²) in [6.07, 6.45) is 2.64. The molecule has 148 valence electrons. The first-order chi connectivity index (χ1) is 13.8. The Bertz CT molecular complexity index is 1220. The van der Waals surface area contributed by atoms with Gasteiger partial charge < -0.3 is 5.32 Å². The van der Waals surface area contributed by atoms with Crippen LogP contribution in [0.15, 0.2) is 64.3 Å². The Morgan fingerprint density at radius 1 is 1.07 bits per heavy atom. The molecule has 0 amide bonds. The minimum Gasteiger partial charge on any atom is -0.362 e. The van der Waals surface area contributed by atoms with Crippen molar-refractivity contribution in [3.63, 3.8) is 0 Å². The summed E-state index contributed by atoms with van der Waals surface area (Å²) in [5.41, 5.74) is 1.69. The number of benzene rings is 2. The molecule has 1 N–H and O–H groups in total. The average Bonchev–Trinajstić information content (AvgIpc) is 2.70. The average molecular weight is 411 g/mol. The van der Waals surface area contributed by atoms with Gasteiger partial charge in [-0.3, -0.25) is 14.2 Å². The third-order valence-electron chi connectivity index (χ3n) is 4.47. The van der Waals surface area contributed by atoms with Crippen molar-refractivity contribution in [1.82, 2.24) is 14.3 Å². The van der Waals surface area contributed by atoms with E-state index in [1.807, 2.05) is 32.0 Å². The van der Waals surface area contributed by atoms with Crippen LogP contribution in [0.3, 0.4) is 0 Å². The van der Waals surface area contributed by atoms with Crippen LogP contribution in [-0.4, -0.2) is 20.1 Å². The fraction of sp³-hybridized carbons (Fsp3) is 0.143. The van der Waals surface area contributed by atoms with Gasteiger partial charge in [0, 0.05) is 30.0 Å². The highest BCUT2D eigenvalue weighted by Gasteiger charge is 2.16. The Morgan fingerprint density at radius 2 is 1.76 bits per heavy atom. The molecule has 3 rings (SSSR count). The Hall–Kier alpha value is -3.45. The lowest BCUT2D eigenvalue weighted by Crippen LogP contribution is -2.42. The van der Waals surface area contributed by atoms with Gasteiger partial charge in [0.1, 0.15) is 0 Å². The van der Waals surface area contributed by atoms with Crippen molar-refractivity contribution in [2.75, 3.05) is 5.32 Å². The van der Waals surface area contributed by atoms with E-state index in [2.05, 4.69) is 10.4 Å². The van der Waals surface area contributed by atoms with Crippen LogP contribution in [0, 0.1) is 13.8 Å². The zero-order chi connectivity index (χ0) is 21.1. The van der Waals surface area contributed by atoms with E-state index in [1.54, 1.807) is 24.3 Å². The molecule has 1 heterocycles. The highest BCUT2D eigenvalue weighted by Crippen LogP contribution is 2.14. The molecular formula is C21H19ClN4O3. The van der Waals surface area contributed by atoms with Gasteiger partial charge in [-0.25, -0.2) is 4.79 Å². The van der Waals surface area contributed by atoms with Gasteiger partial charge in [0.15, 0.2) is 5.69 Å². The van der Waals surface area contributed by atoms with E-state index in [-0.39, 0.29) is 5.69 Å². The van der Waals surface area contributed by atoms with Gasteiger partial charge in [0.25, 0.3) is 5.56 Å². The molecule has 2 aromatic carbocycles. The van der Waals surface area contributed by atoms with E-state index >= 15 is 0 Å². The smallest absolute Gasteiger partial charge is 0.351 e. The second-order valence-electron chi connectivity index (χ2n) is 6.52. The molecule has 0 atom stereocenters. The van der Waals surface area contributed by atoms with Crippen molar-refractivity contribution < 1.29 is 4.79 Å². The predicted octanol–water partition coefficient (Wildman–Crippen LogP) is 3.01. The van der Waals surface area contributed by atoms with Crippen molar-refractivity contribution in [2.45, 2.75) is 13.8 Å². The first-order valence-electron chi connectivity index (χ1n) is 8.79. The first-order valence-corrected chi connectivity index (χ1v) is 9.16. The third-order valence-corrected chi connectivity index (χ3v) is 4.72. The predicted molar refractivity (Wildman–Crippen MR) is 113 cm³/mol. The molecule has 0 aliphatic carbocycles. The number of aryl methyl sites for hydroxylation is 2. The van der Waals surface area contributed by atoms with Crippen molar-refractivity contribution >= 4 is 23.1 Å². The Balaban J connectivity index is 1.92. The van der Waals surface area contributed by atoms with Gasteiger partial charge >= 0.3 is 5.69 Å². The molecular weight excluding hydrogens is 392 g/mol. The molecule has 0 radical (unpaired) electrons. The van der Waals surface area contributed by atoms with Crippen LogP contribution in [0.2, 0.25) is 5.02 Å². The molecule has 29 heavy (non-hydrogen) atoms. The second-order valence-corrected chi connectivity index (χ2v) is 6.96. The van der Waals surface area contributed by atoms with E-state index in [0.717, 1.165) is 26.1 Å². The fourth-order valence-electron chi connectivity index (χ4n) is 2.60. The molecule has 8 heteroatoms. The van der Waals surface area contributed by atoms with Crippen LogP contribution < -0.4 is 16.6 Å². The Morgan fingerprint density at radius 3 is 2.41 bits per heavy atom. The van der Waals surface area contributed by atoms with Crippen LogP contribution in [-0.2, 0) is 7.05 Å². The summed E-state index contributed by atoms with van der Waals surface area (Å²) >= 11 is 5.87. The minimum absolute atomic E-state index is 0.361. The van der Waals surface area contributed by atoms with Crippen molar-refractivity contribution in [3.05, 3.63) is 97.4 Å². The number of carbonyl (C=O) groups is 1. The summed E-state index contributed by atoms with van der Waals surface area (Å²) in [5, 5.41) is 7.46. The van der Waals surface area contributed by atoms with Crippen molar-refractivity contribution in [2.24, 2.45) is 7.05 Å². The number of nitrogens with zero attached hydrogens (tertiary/aromatic N) is 3. The van der Waals surface area contributed by atoms with Gasteiger partial charge in [-0.1, -0.05) is 17.7 Å². The lowest BCUT2D eigenvalue weighted by atomic mass is 10.1. The minimum atomic E-state index is -0.763. The maximum absolute atomic E-state index is 12.5. The van der Waals surface area contributed by atoms with E-state index in [4.69, 9.17) is 11.6 Å². The van der Waals surface area contributed by atoms with Crippen LogP contribution in [0.4, 0.5) is 5.69 Å². The molecule has 1 aromatic heterocycles. The SMILES string of the molecule is Cc1ccc(N/C=C\C(=O)c2nn(-c3ccc(Cl)cc3)c(=O)n(C)c2=O)cc1C. The number of hydrogen-bond acceptors (Lipinski definition) is 5. The molecule has 0 bridgehead atoms. The third kappa shape index (κ3) is 4.35. The monoisotopic (exact) mass is 410 g/mol. The Kier molecular flexibility index (Phi) is 5.79. The first kappa shape index (κ1) is 20.3. The Labute approximate surface area is 171 Å². The van der Waals surface area contributed by atoms with Crippen LogP contribution in [0.25, 0.3) is 5.69 Å². The van der Waals surface area contributed by atoms with E-state index in [1.165, 1.54) is 19.3 Å². The maximum Gasteiger partial charge on any atom is 0.351 e. The zero-order valence-electron chi connectivity index (χ0n) is 16.1. The van der Waals surface area contributed by atoms with E-state index in [0.29, 0.717) is 10.7 Å².